The minimum atomic E-state index is 0.735. The van der Waals surface area contributed by atoms with Gasteiger partial charge in [-0.25, -0.2) is 0 Å². The molecule has 0 spiro atoms. The summed E-state index contributed by atoms with van der Waals surface area (Å²) < 4.78 is 0. The third kappa shape index (κ3) is 5.03. The van der Waals surface area contributed by atoms with Gasteiger partial charge in [0.25, 0.3) is 0 Å². The molecular weight excluding hydrogens is 256 g/mol. The van der Waals surface area contributed by atoms with Crippen LogP contribution in [-0.2, 0) is 0 Å². The number of hydrogen-bond donors (Lipinski definition) is 1. The molecule has 0 atom stereocenters. The van der Waals surface area contributed by atoms with E-state index in [0.29, 0.717) is 0 Å². The Morgan fingerprint density at radius 3 is 2.33 bits per heavy atom. The minimum Gasteiger partial charge on any atom is -0.369 e. The predicted octanol–water partition coefficient (Wildman–Crippen LogP) is 4.60. The Kier molecular flexibility index (Phi) is 7.08. The average Bonchev–Trinajstić information content (AvgIpc) is 2.55. The molecule has 0 aromatic heterocycles. The lowest BCUT2D eigenvalue weighted by molar-refractivity contribution is 0.331. The Morgan fingerprint density at radius 2 is 1.71 bits per heavy atom. The van der Waals surface area contributed by atoms with Gasteiger partial charge in [-0.1, -0.05) is 38.5 Å². The van der Waals surface area contributed by atoms with Crippen molar-refractivity contribution < 1.29 is 0 Å². The number of nitrogens with zero attached hydrogens (tertiary/aromatic N) is 1. The molecule has 1 saturated carbocycles. The van der Waals surface area contributed by atoms with Crippen LogP contribution in [0, 0.1) is 0 Å². The van der Waals surface area contributed by atoms with E-state index in [1.807, 2.05) is 0 Å². The number of hydrogen-bond acceptors (Lipinski definition) is 2. The molecule has 21 heavy (non-hydrogen) atoms. The van der Waals surface area contributed by atoms with Crippen LogP contribution in [0.25, 0.3) is 0 Å². The number of para-hydroxylation sites is 1. The van der Waals surface area contributed by atoms with Gasteiger partial charge in [0, 0.05) is 24.3 Å². The predicted molar refractivity (Wildman–Crippen MR) is 93.0 cm³/mol. The molecule has 0 amide bonds. The van der Waals surface area contributed by atoms with E-state index >= 15 is 0 Å². The van der Waals surface area contributed by atoms with E-state index in [1.54, 1.807) is 0 Å². The van der Waals surface area contributed by atoms with E-state index in [-0.39, 0.29) is 0 Å². The van der Waals surface area contributed by atoms with Crippen molar-refractivity contribution in [3.8, 4) is 0 Å². The van der Waals surface area contributed by atoms with Gasteiger partial charge in [0.1, 0.15) is 0 Å². The van der Waals surface area contributed by atoms with Crippen molar-refractivity contribution in [2.24, 2.45) is 0 Å². The molecule has 1 aliphatic carbocycles. The Balaban J connectivity index is 1.92. The topological polar surface area (TPSA) is 15.3 Å². The van der Waals surface area contributed by atoms with Crippen LogP contribution in [0.3, 0.4) is 0 Å². The molecule has 0 heterocycles. The van der Waals surface area contributed by atoms with Crippen LogP contribution < -0.4 is 10.2 Å². The summed E-state index contributed by atoms with van der Waals surface area (Å²) in [5.74, 6) is 0. The summed E-state index contributed by atoms with van der Waals surface area (Å²) in [5, 5.41) is 3.70. The van der Waals surface area contributed by atoms with Gasteiger partial charge in [-0.15, -0.1) is 0 Å². The molecule has 1 fully saturated rings. The third-order valence-electron chi connectivity index (χ3n) is 4.66. The van der Waals surface area contributed by atoms with E-state index in [1.165, 1.54) is 63.7 Å². The normalized spacial score (nSPS) is 22.2. The third-order valence-corrected chi connectivity index (χ3v) is 4.66. The van der Waals surface area contributed by atoms with E-state index in [2.05, 4.69) is 54.4 Å². The fourth-order valence-electron chi connectivity index (χ4n) is 3.41. The second-order valence-corrected chi connectivity index (χ2v) is 6.34. The zero-order valence-corrected chi connectivity index (χ0v) is 13.9. The Morgan fingerprint density at radius 1 is 1.00 bits per heavy atom. The van der Waals surface area contributed by atoms with Gasteiger partial charge in [0.05, 0.1) is 0 Å². The molecule has 1 aromatic carbocycles. The van der Waals surface area contributed by atoms with E-state index in [0.717, 1.165) is 12.1 Å². The van der Waals surface area contributed by atoms with Crippen LogP contribution in [0.15, 0.2) is 30.3 Å². The van der Waals surface area contributed by atoms with Gasteiger partial charge in [0.15, 0.2) is 0 Å². The highest BCUT2D eigenvalue weighted by Gasteiger charge is 2.25. The SMILES string of the molecule is CCCCN(c1ccccc1)C1CCC(NCCC)CC1. The average molecular weight is 288 g/mol. The van der Waals surface area contributed by atoms with E-state index in [9.17, 15) is 0 Å². The fourth-order valence-corrected chi connectivity index (χ4v) is 3.41. The molecular formula is C19H32N2. The van der Waals surface area contributed by atoms with E-state index in [4.69, 9.17) is 0 Å². The van der Waals surface area contributed by atoms with Crippen molar-refractivity contribution in [2.45, 2.75) is 70.9 Å². The van der Waals surface area contributed by atoms with Crippen molar-refractivity contribution in [1.29, 1.82) is 0 Å². The molecule has 2 nitrogen and oxygen atoms in total. The van der Waals surface area contributed by atoms with Crippen LogP contribution >= 0.6 is 0 Å². The first-order valence-corrected chi connectivity index (χ1v) is 8.90. The zero-order chi connectivity index (χ0) is 14.9. The van der Waals surface area contributed by atoms with Crippen LogP contribution in [0.1, 0.15) is 58.8 Å². The maximum Gasteiger partial charge on any atom is 0.0368 e. The summed E-state index contributed by atoms with van der Waals surface area (Å²) in [4.78, 5) is 2.67. The molecule has 1 aliphatic rings. The lowest BCUT2D eigenvalue weighted by atomic mass is 9.89. The first-order chi connectivity index (χ1) is 10.3. The molecule has 2 heteroatoms. The molecule has 1 N–H and O–H groups in total. The highest BCUT2D eigenvalue weighted by Crippen LogP contribution is 2.28. The number of benzene rings is 1. The standard InChI is InChI=1S/C19H32N2/c1-3-5-16-21(18-9-7-6-8-10-18)19-13-11-17(12-14-19)20-15-4-2/h6-10,17,19-20H,3-5,11-16H2,1-2H3. The molecule has 0 bridgehead atoms. The second-order valence-electron chi connectivity index (χ2n) is 6.34. The number of unbranched alkanes of at least 4 members (excludes halogenated alkanes) is 1. The second kappa shape index (κ2) is 9.09. The van der Waals surface area contributed by atoms with Crippen LogP contribution in [0.4, 0.5) is 5.69 Å². The van der Waals surface area contributed by atoms with Crippen LogP contribution in [0.2, 0.25) is 0 Å². The summed E-state index contributed by atoms with van der Waals surface area (Å²) in [6.45, 7) is 6.92. The number of nitrogens with one attached hydrogen (secondary N) is 1. The van der Waals surface area contributed by atoms with Crippen molar-refractivity contribution in [2.75, 3.05) is 18.0 Å². The van der Waals surface area contributed by atoms with Gasteiger partial charge < -0.3 is 10.2 Å². The number of rotatable bonds is 8. The van der Waals surface area contributed by atoms with E-state index < -0.39 is 0 Å². The highest BCUT2D eigenvalue weighted by molar-refractivity contribution is 5.47. The van der Waals surface area contributed by atoms with Gasteiger partial charge >= 0.3 is 0 Å². The molecule has 0 radical (unpaired) electrons. The molecule has 1 aromatic rings. The first-order valence-electron chi connectivity index (χ1n) is 8.90. The summed E-state index contributed by atoms with van der Waals surface area (Å²) in [6, 6.07) is 12.5. The van der Waals surface area contributed by atoms with Gasteiger partial charge in [-0.3, -0.25) is 0 Å². The van der Waals surface area contributed by atoms with Crippen molar-refractivity contribution in [1.82, 2.24) is 5.32 Å². The van der Waals surface area contributed by atoms with Crippen molar-refractivity contribution >= 4 is 5.69 Å². The largest absolute Gasteiger partial charge is 0.369 e. The Bertz CT molecular complexity index is 368. The fraction of sp³-hybridized carbons (Fsp3) is 0.684. The molecule has 0 aliphatic heterocycles. The van der Waals surface area contributed by atoms with Crippen molar-refractivity contribution in [3.05, 3.63) is 30.3 Å². The summed E-state index contributed by atoms with van der Waals surface area (Å²) in [7, 11) is 0. The Hall–Kier alpha value is -1.02. The van der Waals surface area contributed by atoms with Gasteiger partial charge in [-0.05, 0) is 57.2 Å². The highest BCUT2D eigenvalue weighted by atomic mass is 15.2. The van der Waals surface area contributed by atoms with Crippen LogP contribution in [-0.4, -0.2) is 25.2 Å². The summed E-state index contributed by atoms with van der Waals surface area (Å²) >= 11 is 0. The molecule has 0 saturated heterocycles. The maximum atomic E-state index is 3.70. The first kappa shape index (κ1) is 16.4. The minimum absolute atomic E-state index is 0.735. The van der Waals surface area contributed by atoms with Crippen LogP contribution in [0.5, 0.6) is 0 Å². The smallest absolute Gasteiger partial charge is 0.0368 e. The lowest BCUT2D eigenvalue weighted by Gasteiger charge is -2.39. The van der Waals surface area contributed by atoms with Gasteiger partial charge in [0.2, 0.25) is 0 Å². The molecule has 2 rings (SSSR count). The quantitative estimate of drug-likeness (QED) is 0.752. The lowest BCUT2D eigenvalue weighted by Crippen LogP contribution is -2.43. The molecule has 118 valence electrons. The van der Waals surface area contributed by atoms with Gasteiger partial charge in [-0.2, -0.15) is 0 Å². The monoisotopic (exact) mass is 288 g/mol. The summed E-state index contributed by atoms with van der Waals surface area (Å²) in [6.07, 6.45) is 9.15. The summed E-state index contributed by atoms with van der Waals surface area (Å²) in [5.41, 5.74) is 1.41. The zero-order valence-electron chi connectivity index (χ0n) is 13.9. The maximum absolute atomic E-state index is 3.70. The molecule has 0 unspecified atom stereocenters. The Labute approximate surface area is 130 Å². The van der Waals surface area contributed by atoms with Crippen molar-refractivity contribution in [3.63, 3.8) is 0 Å². The number of anilines is 1.